The molecule has 4 amide bonds. The van der Waals surface area contributed by atoms with E-state index in [0.29, 0.717) is 44.5 Å². The van der Waals surface area contributed by atoms with Gasteiger partial charge in [0, 0.05) is 32.0 Å². The van der Waals surface area contributed by atoms with Crippen LogP contribution in [-0.4, -0.2) is 78.2 Å². The molecule has 1 aromatic carbocycles. The normalized spacial score (nSPS) is 15.4. The first-order valence-corrected chi connectivity index (χ1v) is 12.7. The highest BCUT2D eigenvalue weighted by molar-refractivity contribution is 5.90. The van der Waals surface area contributed by atoms with Gasteiger partial charge >= 0.3 is 12.1 Å². The van der Waals surface area contributed by atoms with Gasteiger partial charge in [-0.15, -0.1) is 0 Å². The number of hydrogen-bond donors (Lipinski definition) is 4. The Balaban J connectivity index is 1.96. The molecule has 1 aliphatic heterocycles. The van der Waals surface area contributed by atoms with Gasteiger partial charge in [-0.2, -0.15) is 0 Å². The minimum atomic E-state index is -1.24. The summed E-state index contributed by atoms with van der Waals surface area (Å²) in [4.78, 5) is 62.0. The van der Waals surface area contributed by atoms with Gasteiger partial charge < -0.3 is 35.8 Å². The van der Waals surface area contributed by atoms with Gasteiger partial charge in [0.15, 0.2) is 0 Å². The fourth-order valence-electron chi connectivity index (χ4n) is 4.05. The van der Waals surface area contributed by atoms with Gasteiger partial charge in [0.05, 0.1) is 0 Å². The molecule has 0 saturated carbocycles. The zero-order valence-corrected chi connectivity index (χ0v) is 22.1. The SMILES string of the molecule is CCOCC(=O)N[C@@H](CC(C)C)C(=O)N[C@@H](Cc1ccc(OC(=O)N2CCC(C(N)=O)CC2)cc1)C(=O)O. The third-order valence-electron chi connectivity index (χ3n) is 6.13. The Kier molecular flexibility index (Phi) is 12.0. The quantitative estimate of drug-likeness (QED) is 0.290. The van der Waals surface area contributed by atoms with Gasteiger partial charge in [0.1, 0.15) is 24.4 Å². The van der Waals surface area contributed by atoms with E-state index in [1.165, 1.54) is 4.90 Å². The first-order valence-electron chi connectivity index (χ1n) is 12.7. The molecule has 1 aromatic rings. The van der Waals surface area contributed by atoms with Crippen LogP contribution in [-0.2, 0) is 30.3 Å². The number of benzene rings is 1. The van der Waals surface area contributed by atoms with Crippen LogP contribution in [0.1, 0.15) is 45.6 Å². The first-order chi connectivity index (χ1) is 18.0. The van der Waals surface area contributed by atoms with Gasteiger partial charge in [-0.1, -0.05) is 26.0 Å². The van der Waals surface area contributed by atoms with Gasteiger partial charge in [-0.25, -0.2) is 9.59 Å². The minimum absolute atomic E-state index is 0.0166. The number of likely N-dealkylation sites (tertiary alicyclic amines) is 1. The van der Waals surface area contributed by atoms with E-state index in [1.54, 1.807) is 31.2 Å². The predicted molar refractivity (Wildman–Crippen MR) is 137 cm³/mol. The molecule has 5 N–H and O–H groups in total. The summed E-state index contributed by atoms with van der Waals surface area (Å²) in [5.41, 5.74) is 5.92. The number of piperidine rings is 1. The first kappa shape index (κ1) is 30.6. The summed E-state index contributed by atoms with van der Waals surface area (Å²) in [5.74, 6) is -2.54. The highest BCUT2D eigenvalue weighted by Gasteiger charge is 2.28. The largest absolute Gasteiger partial charge is 0.480 e. The van der Waals surface area contributed by atoms with Crippen molar-refractivity contribution in [2.45, 2.75) is 58.5 Å². The summed E-state index contributed by atoms with van der Waals surface area (Å²) in [5, 5.41) is 14.8. The molecular formula is C26H38N4O8. The zero-order chi connectivity index (χ0) is 28.2. The molecule has 210 valence electrons. The molecule has 0 spiro atoms. The number of nitrogens with one attached hydrogen (secondary N) is 2. The predicted octanol–water partition coefficient (Wildman–Crippen LogP) is 1.06. The lowest BCUT2D eigenvalue weighted by Crippen LogP contribution is -2.53. The number of carboxylic acid groups (broad SMARTS) is 1. The standard InChI is InChI=1S/C26H38N4O8/c1-4-37-15-22(31)28-20(13-16(2)3)24(33)29-21(25(34)35)14-17-5-7-19(8-6-17)38-26(36)30-11-9-18(10-12-30)23(27)32/h5-8,16,18,20-21H,4,9-15H2,1-3H3,(H2,27,32)(H,28,31)(H,29,33)(H,34,35)/t20-,21-/m0/s1. The van der Waals surface area contributed by atoms with Crippen LogP contribution in [0.15, 0.2) is 24.3 Å². The van der Waals surface area contributed by atoms with Crippen molar-refractivity contribution in [3.05, 3.63) is 29.8 Å². The second-order valence-electron chi connectivity index (χ2n) is 9.67. The number of aliphatic carboxylic acids is 1. The van der Waals surface area contributed by atoms with Crippen LogP contribution in [0, 0.1) is 11.8 Å². The highest BCUT2D eigenvalue weighted by atomic mass is 16.6. The van der Waals surface area contributed by atoms with Crippen LogP contribution in [0.2, 0.25) is 0 Å². The monoisotopic (exact) mass is 534 g/mol. The van der Waals surface area contributed by atoms with Crippen LogP contribution in [0.3, 0.4) is 0 Å². The van der Waals surface area contributed by atoms with Gasteiger partial charge in [0.25, 0.3) is 0 Å². The second kappa shape index (κ2) is 14.9. The molecule has 0 unspecified atom stereocenters. The van der Waals surface area contributed by atoms with E-state index in [0.717, 1.165) is 0 Å². The summed E-state index contributed by atoms with van der Waals surface area (Å²) in [7, 11) is 0. The molecular weight excluding hydrogens is 496 g/mol. The summed E-state index contributed by atoms with van der Waals surface area (Å²) < 4.78 is 10.5. The van der Waals surface area contributed by atoms with E-state index in [1.807, 2.05) is 13.8 Å². The summed E-state index contributed by atoms with van der Waals surface area (Å²) >= 11 is 0. The third-order valence-corrected chi connectivity index (χ3v) is 6.13. The van der Waals surface area contributed by atoms with Gasteiger partial charge in [0.2, 0.25) is 17.7 Å². The molecule has 2 atom stereocenters. The Labute approximate surface area is 222 Å². The lowest BCUT2D eigenvalue weighted by atomic mass is 9.97. The molecule has 1 fully saturated rings. The van der Waals surface area contributed by atoms with E-state index >= 15 is 0 Å². The van der Waals surface area contributed by atoms with Crippen molar-refractivity contribution in [2.75, 3.05) is 26.3 Å². The van der Waals surface area contributed by atoms with Crippen molar-refractivity contribution in [1.29, 1.82) is 0 Å². The van der Waals surface area contributed by atoms with Crippen molar-refractivity contribution in [1.82, 2.24) is 15.5 Å². The Morgan fingerprint density at radius 2 is 1.68 bits per heavy atom. The minimum Gasteiger partial charge on any atom is -0.480 e. The molecule has 1 heterocycles. The van der Waals surface area contributed by atoms with Crippen LogP contribution in [0.25, 0.3) is 0 Å². The summed E-state index contributed by atoms with van der Waals surface area (Å²) in [6, 6.07) is 4.17. The summed E-state index contributed by atoms with van der Waals surface area (Å²) in [6.07, 6.45) is 0.742. The Morgan fingerprint density at radius 1 is 1.05 bits per heavy atom. The number of hydrogen-bond acceptors (Lipinski definition) is 7. The van der Waals surface area contributed by atoms with Crippen molar-refractivity contribution < 1.29 is 38.6 Å². The molecule has 12 heteroatoms. The van der Waals surface area contributed by atoms with Crippen molar-refractivity contribution in [3.63, 3.8) is 0 Å². The maximum absolute atomic E-state index is 12.9. The van der Waals surface area contributed by atoms with Crippen molar-refractivity contribution >= 4 is 29.8 Å². The van der Waals surface area contributed by atoms with Gasteiger partial charge in [-0.05, 0) is 49.8 Å². The Bertz CT molecular complexity index is 974. The number of ether oxygens (including phenoxy) is 2. The average molecular weight is 535 g/mol. The molecule has 0 radical (unpaired) electrons. The Morgan fingerprint density at radius 3 is 2.21 bits per heavy atom. The second-order valence-corrected chi connectivity index (χ2v) is 9.67. The molecule has 2 rings (SSSR count). The lowest BCUT2D eigenvalue weighted by molar-refractivity contribution is -0.142. The molecule has 0 aliphatic carbocycles. The number of carbonyl (C=O) groups is 5. The number of primary amides is 1. The van der Waals surface area contributed by atoms with Crippen molar-refractivity contribution in [2.24, 2.45) is 17.6 Å². The van der Waals surface area contributed by atoms with E-state index in [2.05, 4.69) is 10.6 Å². The van der Waals surface area contributed by atoms with Crippen molar-refractivity contribution in [3.8, 4) is 5.75 Å². The number of carbonyl (C=O) groups excluding carboxylic acids is 4. The number of nitrogens with zero attached hydrogens (tertiary/aromatic N) is 1. The molecule has 12 nitrogen and oxygen atoms in total. The van der Waals surface area contributed by atoms with Crippen LogP contribution in [0.4, 0.5) is 4.79 Å². The zero-order valence-electron chi connectivity index (χ0n) is 22.1. The molecule has 0 bridgehead atoms. The van der Waals surface area contributed by atoms with E-state index in [4.69, 9.17) is 15.2 Å². The van der Waals surface area contributed by atoms with Crippen LogP contribution < -0.4 is 21.1 Å². The number of carboxylic acids is 1. The number of nitrogens with two attached hydrogens (primary N) is 1. The molecule has 0 aromatic heterocycles. The molecule has 38 heavy (non-hydrogen) atoms. The topological polar surface area (TPSA) is 177 Å². The summed E-state index contributed by atoms with van der Waals surface area (Å²) in [6.45, 7) is 6.42. The lowest BCUT2D eigenvalue weighted by Gasteiger charge is -2.29. The van der Waals surface area contributed by atoms with E-state index in [9.17, 15) is 29.1 Å². The molecule has 1 aliphatic rings. The van der Waals surface area contributed by atoms with Gasteiger partial charge in [-0.3, -0.25) is 14.4 Å². The number of rotatable bonds is 13. The maximum atomic E-state index is 12.9. The Hall–Kier alpha value is -3.67. The average Bonchev–Trinajstić information content (AvgIpc) is 2.87. The van der Waals surface area contributed by atoms with Crippen LogP contribution in [0.5, 0.6) is 5.75 Å². The maximum Gasteiger partial charge on any atom is 0.415 e. The number of amides is 4. The third kappa shape index (κ3) is 10.0. The highest BCUT2D eigenvalue weighted by Crippen LogP contribution is 2.20. The smallest absolute Gasteiger partial charge is 0.415 e. The fraction of sp³-hybridized carbons (Fsp3) is 0.577. The molecule has 1 saturated heterocycles. The van der Waals surface area contributed by atoms with Crippen LogP contribution >= 0.6 is 0 Å². The van der Waals surface area contributed by atoms with E-state index in [-0.39, 0.29) is 36.5 Å². The fourth-order valence-corrected chi connectivity index (χ4v) is 4.05. The van der Waals surface area contributed by atoms with E-state index < -0.39 is 36.0 Å².